The van der Waals surface area contributed by atoms with Gasteiger partial charge in [-0.2, -0.15) is 0 Å². The first-order valence-corrected chi connectivity index (χ1v) is 11.3. The fourth-order valence-corrected chi connectivity index (χ4v) is 6.27. The second kappa shape index (κ2) is 7.80. The number of hydrogen-bond donors (Lipinski definition) is 1. The first-order chi connectivity index (χ1) is 14.3. The summed E-state index contributed by atoms with van der Waals surface area (Å²) in [4.78, 5) is 14.0. The molecule has 2 aliphatic rings. The molecule has 1 aliphatic carbocycles. The Kier molecular flexibility index (Phi) is 5.47. The highest BCUT2D eigenvalue weighted by atomic mass is 32.1. The molecule has 2 heterocycles. The quantitative estimate of drug-likeness (QED) is 0.707. The minimum absolute atomic E-state index is 0.00589. The highest BCUT2D eigenvalue weighted by Gasteiger charge is 2.37. The van der Waals surface area contributed by atoms with Crippen LogP contribution in [0.5, 0.6) is 17.2 Å². The summed E-state index contributed by atoms with van der Waals surface area (Å²) in [6.45, 7) is 6.99. The zero-order valence-electron chi connectivity index (χ0n) is 18.7. The van der Waals surface area contributed by atoms with Crippen LogP contribution in [0.1, 0.15) is 61.1 Å². The minimum atomic E-state index is -0.00589. The number of nitrogens with one attached hydrogen (secondary N) is 1. The maximum Gasteiger partial charge on any atom is 0.225 e. The molecule has 2 aromatic rings. The maximum absolute atomic E-state index is 12.6. The molecule has 0 unspecified atom stereocenters. The van der Waals surface area contributed by atoms with E-state index in [1.807, 2.05) is 12.1 Å². The van der Waals surface area contributed by atoms with Crippen LogP contribution in [0.25, 0.3) is 0 Å². The molecular weight excluding hydrogens is 398 g/mol. The molecule has 6 heteroatoms. The lowest BCUT2D eigenvalue weighted by atomic mass is 9.71. The smallest absolute Gasteiger partial charge is 0.225 e. The van der Waals surface area contributed by atoms with Gasteiger partial charge in [0.05, 0.1) is 26.3 Å². The van der Waals surface area contributed by atoms with Crippen molar-refractivity contribution >= 4 is 22.2 Å². The van der Waals surface area contributed by atoms with E-state index in [9.17, 15) is 4.79 Å². The standard InChI is InChI=1S/C24H31NO4S/c1-24(2,3)14-7-8-15-19(11-14)30-23-21(15)16(12-20(26)25-23)13-9-17(27-4)22(29-6)18(10-13)28-5/h9-10,14,16H,7-8,11-12H2,1-6H3,(H,25,26)/t14-,16-/m0/s1. The number of carbonyl (C=O) groups excluding carboxylic acids is 1. The molecule has 0 fully saturated rings. The van der Waals surface area contributed by atoms with E-state index in [2.05, 4.69) is 26.1 Å². The number of methoxy groups -OCH3 is 3. The number of anilines is 1. The lowest BCUT2D eigenvalue weighted by molar-refractivity contribution is -0.116. The van der Waals surface area contributed by atoms with E-state index in [0.717, 1.165) is 23.4 Å². The molecule has 0 saturated heterocycles. The molecule has 2 atom stereocenters. The molecule has 1 amide bonds. The number of ether oxygens (including phenoxy) is 3. The average molecular weight is 430 g/mol. The zero-order valence-corrected chi connectivity index (χ0v) is 19.5. The Labute approximate surface area is 182 Å². The van der Waals surface area contributed by atoms with Crippen molar-refractivity contribution in [1.29, 1.82) is 0 Å². The number of amides is 1. The minimum Gasteiger partial charge on any atom is -0.493 e. The fraction of sp³-hybridized carbons (Fsp3) is 0.542. The van der Waals surface area contributed by atoms with E-state index in [-0.39, 0.29) is 11.8 Å². The molecule has 30 heavy (non-hydrogen) atoms. The number of fused-ring (bicyclic) bond motifs is 3. The van der Waals surface area contributed by atoms with Crippen molar-refractivity contribution in [3.63, 3.8) is 0 Å². The van der Waals surface area contributed by atoms with Crippen LogP contribution >= 0.6 is 11.3 Å². The van der Waals surface area contributed by atoms with Crippen molar-refractivity contribution in [2.75, 3.05) is 26.6 Å². The Morgan fingerprint density at radius 2 is 1.70 bits per heavy atom. The van der Waals surface area contributed by atoms with E-state index in [1.54, 1.807) is 32.7 Å². The van der Waals surface area contributed by atoms with Gasteiger partial charge in [-0.15, -0.1) is 11.3 Å². The topological polar surface area (TPSA) is 56.8 Å². The van der Waals surface area contributed by atoms with Crippen LogP contribution in [-0.2, 0) is 17.6 Å². The molecule has 1 N–H and O–H groups in total. The van der Waals surface area contributed by atoms with Gasteiger partial charge in [-0.05, 0) is 59.4 Å². The van der Waals surface area contributed by atoms with Crippen molar-refractivity contribution in [2.45, 2.75) is 52.4 Å². The van der Waals surface area contributed by atoms with Gasteiger partial charge in [0.2, 0.25) is 11.7 Å². The van der Waals surface area contributed by atoms with Crippen LogP contribution in [0.3, 0.4) is 0 Å². The molecular formula is C24H31NO4S. The summed E-state index contributed by atoms with van der Waals surface area (Å²) in [7, 11) is 4.85. The molecule has 1 aromatic heterocycles. The average Bonchev–Trinajstić information content (AvgIpc) is 3.08. The molecule has 1 aliphatic heterocycles. The van der Waals surface area contributed by atoms with Crippen molar-refractivity contribution in [2.24, 2.45) is 11.3 Å². The predicted molar refractivity (Wildman–Crippen MR) is 120 cm³/mol. The van der Waals surface area contributed by atoms with Gasteiger partial charge in [0.25, 0.3) is 0 Å². The van der Waals surface area contributed by atoms with E-state index in [0.29, 0.717) is 35.0 Å². The summed E-state index contributed by atoms with van der Waals surface area (Å²) in [5, 5.41) is 4.16. The third-order valence-electron chi connectivity index (χ3n) is 6.61. The summed E-state index contributed by atoms with van der Waals surface area (Å²) in [6.07, 6.45) is 3.78. The summed E-state index contributed by atoms with van der Waals surface area (Å²) >= 11 is 1.77. The summed E-state index contributed by atoms with van der Waals surface area (Å²) in [5.41, 5.74) is 4.05. The van der Waals surface area contributed by atoms with Gasteiger partial charge < -0.3 is 19.5 Å². The summed E-state index contributed by atoms with van der Waals surface area (Å²) in [6, 6.07) is 3.97. The lowest BCUT2D eigenvalue weighted by Crippen LogP contribution is -2.27. The molecule has 162 valence electrons. The Balaban J connectivity index is 1.80. The Morgan fingerprint density at radius 3 is 2.27 bits per heavy atom. The molecule has 0 radical (unpaired) electrons. The fourth-order valence-electron chi connectivity index (χ4n) is 4.86. The van der Waals surface area contributed by atoms with Gasteiger partial charge in [0.1, 0.15) is 0 Å². The highest BCUT2D eigenvalue weighted by Crippen LogP contribution is 2.51. The number of benzene rings is 1. The van der Waals surface area contributed by atoms with Crippen LogP contribution < -0.4 is 19.5 Å². The third-order valence-corrected chi connectivity index (χ3v) is 7.80. The van der Waals surface area contributed by atoms with E-state index in [1.165, 1.54) is 22.4 Å². The second-order valence-corrected chi connectivity index (χ2v) is 10.4. The van der Waals surface area contributed by atoms with E-state index >= 15 is 0 Å². The number of thiophene rings is 1. The predicted octanol–water partition coefficient (Wildman–Crippen LogP) is 5.40. The molecule has 1 aromatic carbocycles. The molecule has 0 bridgehead atoms. The first-order valence-electron chi connectivity index (χ1n) is 10.5. The Hall–Kier alpha value is -2.21. The van der Waals surface area contributed by atoms with Crippen LogP contribution in [0.4, 0.5) is 5.00 Å². The van der Waals surface area contributed by atoms with Gasteiger partial charge >= 0.3 is 0 Å². The second-order valence-electron chi connectivity index (χ2n) is 9.32. The van der Waals surface area contributed by atoms with Gasteiger partial charge in [0.15, 0.2) is 11.5 Å². The van der Waals surface area contributed by atoms with Crippen molar-refractivity contribution in [3.05, 3.63) is 33.7 Å². The van der Waals surface area contributed by atoms with Gasteiger partial charge in [-0.1, -0.05) is 20.8 Å². The molecule has 4 rings (SSSR count). The van der Waals surface area contributed by atoms with Crippen LogP contribution in [0, 0.1) is 11.3 Å². The number of rotatable bonds is 4. The van der Waals surface area contributed by atoms with Gasteiger partial charge in [0, 0.05) is 17.2 Å². The molecule has 5 nitrogen and oxygen atoms in total. The van der Waals surface area contributed by atoms with Crippen LogP contribution in [0.2, 0.25) is 0 Å². The Morgan fingerprint density at radius 1 is 1.03 bits per heavy atom. The van der Waals surface area contributed by atoms with E-state index < -0.39 is 0 Å². The SMILES string of the molecule is COc1cc([C@@H]2CC(=O)Nc3sc4c(c32)CC[C@H](C(C)(C)C)C4)cc(OC)c1OC. The van der Waals surface area contributed by atoms with Gasteiger partial charge in [-0.25, -0.2) is 0 Å². The zero-order chi connectivity index (χ0) is 21.6. The molecule has 0 saturated carbocycles. The summed E-state index contributed by atoms with van der Waals surface area (Å²) < 4.78 is 16.6. The third kappa shape index (κ3) is 3.55. The van der Waals surface area contributed by atoms with Crippen LogP contribution in [0.15, 0.2) is 12.1 Å². The molecule has 0 spiro atoms. The largest absolute Gasteiger partial charge is 0.493 e. The van der Waals surface area contributed by atoms with Crippen molar-refractivity contribution < 1.29 is 19.0 Å². The monoisotopic (exact) mass is 429 g/mol. The normalized spacial score (nSPS) is 20.8. The maximum atomic E-state index is 12.6. The number of hydrogen-bond acceptors (Lipinski definition) is 5. The van der Waals surface area contributed by atoms with Crippen molar-refractivity contribution in [1.82, 2.24) is 0 Å². The first kappa shape index (κ1) is 21.0. The highest BCUT2D eigenvalue weighted by molar-refractivity contribution is 7.16. The Bertz CT molecular complexity index is 947. The van der Waals surface area contributed by atoms with Crippen LogP contribution in [-0.4, -0.2) is 27.2 Å². The number of carbonyl (C=O) groups is 1. The van der Waals surface area contributed by atoms with E-state index in [4.69, 9.17) is 14.2 Å². The van der Waals surface area contributed by atoms with Crippen molar-refractivity contribution in [3.8, 4) is 17.2 Å². The van der Waals surface area contributed by atoms with Gasteiger partial charge in [-0.3, -0.25) is 4.79 Å². The summed E-state index contributed by atoms with van der Waals surface area (Å²) in [5.74, 6) is 2.54. The lowest BCUT2D eigenvalue weighted by Gasteiger charge is -2.34.